The van der Waals surface area contributed by atoms with Crippen molar-refractivity contribution in [1.82, 2.24) is 14.4 Å². The van der Waals surface area contributed by atoms with Crippen LogP contribution in [0.3, 0.4) is 0 Å². The first-order valence-electron chi connectivity index (χ1n) is 8.34. The molecule has 3 rings (SSSR count). The molecule has 6 nitrogen and oxygen atoms in total. The number of nitrogens with zero attached hydrogens (tertiary/aromatic N) is 3. The van der Waals surface area contributed by atoms with Crippen LogP contribution in [0.4, 0.5) is 4.79 Å². The van der Waals surface area contributed by atoms with E-state index in [2.05, 4.69) is 16.7 Å². The van der Waals surface area contributed by atoms with E-state index in [-0.39, 0.29) is 12.0 Å². The van der Waals surface area contributed by atoms with E-state index < -0.39 is 0 Å². The maximum absolute atomic E-state index is 12.6. The van der Waals surface area contributed by atoms with E-state index in [1.165, 1.54) is 0 Å². The van der Waals surface area contributed by atoms with Crippen molar-refractivity contribution in [1.29, 1.82) is 0 Å². The third-order valence-electron chi connectivity index (χ3n) is 4.47. The molecule has 1 aliphatic heterocycles. The van der Waals surface area contributed by atoms with Crippen LogP contribution in [0.5, 0.6) is 0 Å². The Kier molecular flexibility index (Phi) is 4.74. The smallest absolute Gasteiger partial charge is 0.409 e. The summed E-state index contributed by atoms with van der Waals surface area (Å²) in [4.78, 5) is 27.8. The van der Waals surface area contributed by atoms with Crippen LogP contribution in [0.1, 0.15) is 12.6 Å². The van der Waals surface area contributed by atoms with Gasteiger partial charge >= 0.3 is 6.09 Å². The number of rotatable bonds is 3. The van der Waals surface area contributed by atoms with Crippen molar-refractivity contribution in [3.8, 4) is 0 Å². The van der Waals surface area contributed by atoms with Gasteiger partial charge in [-0.1, -0.05) is 18.2 Å². The molecular formula is C18H23N3O3. The molecule has 1 saturated heterocycles. The first-order valence-corrected chi connectivity index (χ1v) is 8.34. The van der Waals surface area contributed by atoms with Crippen molar-refractivity contribution in [2.75, 3.05) is 32.8 Å². The number of benzene rings is 1. The maximum atomic E-state index is 12.6. The fraction of sp³-hybridized carbons (Fsp3) is 0.444. The van der Waals surface area contributed by atoms with Gasteiger partial charge in [0.2, 0.25) is 5.91 Å². The molecule has 0 unspecified atom stereocenters. The Morgan fingerprint density at radius 1 is 1.08 bits per heavy atom. The van der Waals surface area contributed by atoms with E-state index in [0.717, 1.165) is 16.6 Å². The van der Waals surface area contributed by atoms with Crippen molar-refractivity contribution in [3.63, 3.8) is 0 Å². The predicted molar refractivity (Wildman–Crippen MR) is 91.9 cm³/mol. The number of aromatic nitrogens is 1. The van der Waals surface area contributed by atoms with Gasteiger partial charge in [-0.25, -0.2) is 4.79 Å². The number of hydrogen-bond acceptors (Lipinski definition) is 3. The summed E-state index contributed by atoms with van der Waals surface area (Å²) >= 11 is 0. The number of ether oxygens (including phenoxy) is 1. The molecule has 0 aliphatic carbocycles. The lowest BCUT2D eigenvalue weighted by Gasteiger charge is -2.34. The van der Waals surface area contributed by atoms with Crippen LogP contribution >= 0.6 is 0 Å². The van der Waals surface area contributed by atoms with Crippen LogP contribution in [0.15, 0.2) is 30.3 Å². The molecule has 2 aromatic rings. The average molecular weight is 329 g/mol. The van der Waals surface area contributed by atoms with Gasteiger partial charge in [-0.2, -0.15) is 0 Å². The lowest BCUT2D eigenvalue weighted by atomic mass is 10.2. The minimum atomic E-state index is -0.295. The normalized spacial score (nSPS) is 14.9. The molecule has 128 valence electrons. The van der Waals surface area contributed by atoms with E-state index in [9.17, 15) is 9.59 Å². The quantitative estimate of drug-likeness (QED) is 0.868. The van der Waals surface area contributed by atoms with Gasteiger partial charge in [-0.15, -0.1) is 0 Å². The van der Waals surface area contributed by atoms with Crippen LogP contribution in [0.2, 0.25) is 0 Å². The number of para-hydroxylation sites is 1. The number of amides is 2. The lowest BCUT2D eigenvalue weighted by Crippen LogP contribution is -2.51. The Morgan fingerprint density at radius 2 is 1.75 bits per heavy atom. The molecule has 0 saturated carbocycles. The van der Waals surface area contributed by atoms with Gasteiger partial charge in [0.1, 0.15) is 6.54 Å². The maximum Gasteiger partial charge on any atom is 0.409 e. The summed E-state index contributed by atoms with van der Waals surface area (Å²) in [6, 6.07) is 10.2. The Balaban J connectivity index is 1.64. The molecule has 1 aliphatic rings. The number of carbonyl (C=O) groups is 2. The van der Waals surface area contributed by atoms with Gasteiger partial charge in [0.25, 0.3) is 0 Å². The fourth-order valence-electron chi connectivity index (χ4n) is 3.15. The second kappa shape index (κ2) is 6.95. The highest BCUT2D eigenvalue weighted by atomic mass is 16.6. The van der Waals surface area contributed by atoms with Gasteiger partial charge in [0.15, 0.2) is 0 Å². The monoisotopic (exact) mass is 329 g/mol. The first kappa shape index (κ1) is 16.4. The number of hydrogen-bond donors (Lipinski definition) is 0. The van der Waals surface area contributed by atoms with Crippen LogP contribution in [0.25, 0.3) is 10.9 Å². The van der Waals surface area contributed by atoms with Gasteiger partial charge in [-0.05, 0) is 31.4 Å². The molecule has 1 aromatic heterocycles. The molecular weight excluding hydrogens is 306 g/mol. The van der Waals surface area contributed by atoms with Crippen LogP contribution in [-0.2, 0) is 16.1 Å². The van der Waals surface area contributed by atoms with Crippen molar-refractivity contribution < 1.29 is 14.3 Å². The molecule has 1 aromatic carbocycles. The molecule has 6 heteroatoms. The summed E-state index contributed by atoms with van der Waals surface area (Å²) in [5, 5.41) is 1.15. The lowest BCUT2D eigenvalue weighted by molar-refractivity contribution is -0.133. The second-order valence-electron chi connectivity index (χ2n) is 6.00. The molecule has 0 radical (unpaired) electrons. The number of aryl methyl sites for hydroxylation is 1. The van der Waals surface area contributed by atoms with Crippen molar-refractivity contribution in [3.05, 3.63) is 36.0 Å². The highest BCUT2D eigenvalue weighted by Gasteiger charge is 2.25. The number of piperazine rings is 1. The zero-order valence-electron chi connectivity index (χ0n) is 14.2. The zero-order chi connectivity index (χ0) is 17.1. The van der Waals surface area contributed by atoms with Gasteiger partial charge in [0, 0.05) is 37.4 Å². The molecule has 0 spiro atoms. The van der Waals surface area contributed by atoms with Crippen molar-refractivity contribution >= 4 is 22.9 Å². The van der Waals surface area contributed by atoms with E-state index in [4.69, 9.17) is 4.74 Å². The average Bonchev–Trinajstić information content (AvgIpc) is 2.91. The molecule has 24 heavy (non-hydrogen) atoms. The highest BCUT2D eigenvalue weighted by Crippen LogP contribution is 2.19. The molecule has 0 bridgehead atoms. The highest BCUT2D eigenvalue weighted by molar-refractivity contribution is 5.84. The fourth-order valence-corrected chi connectivity index (χ4v) is 3.15. The van der Waals surface area contributed by atoms with Gasteiger partial charge in [-0.3, -0.25) is 4.79 Å². The number of carbonyl (C=O) groups excluding carboxylic acids is 2. The van der Waals surface area contributed by atoms with Gasteiger partial charge < -0.3 is 19.1 Å². The third-order valence-corrected chi connectivity index (χ3v) is 4.47. The van der Waals surface area contributed by atoms with Crippen LogP contribution < -0.4 is 0 Å². The standard InChI is InChI=1S/C18H23N3O3/c1-3-24-18(23)20-10-8-19(9-11-20)17(22)13-21-14(2)12-15-6-4-5-7-16(15)21/h4-7,12H,3,8-11,13H2,1-2H3. The van der Waals surface area contributed by atoms with Crippen molar-refractivity contribution in [2.24, 2.45) is 0 Å². The molecule has 2 amide bonds. The van der Waals surface area contributed by atoms with Crippen LogP contribution in [-0.4, -0.2) is 59.2 Å². The minimum absolute atomic E-state index is 0.0861. The summed E-state index contributed by atoms with van der Waals surface area (Å²) in [6.07, 6.45) is -0.295. The zero-order valence-corrected chi connectivity index (χ0v) is 14.2. The molecule has 0 N–H and O–H groups in total. The molecule has 0 atom stereocenters. The largest absolute Gasteiger partial charge is 0.450 e. The Labute approximate surface area is 141 Å². The summed E-state index contributed by atoms with van der Waals surface area (Å²) in [5.74, 6) is 0.0861. The van der Waals surface area contributed by atoms with E-state index in [1.807, 2.05) is 30.0 Å². The molecule has 1 fully saturated rings. The Morgan fingerprint density at radius 3 is 2.46 bits per heavy atom. The minimum Gasteiger partial charge on any atom is -0.450 e. The second-order valence-corrected chi connectivity index (χ2v) is 6.00. The Bertz CT molecular complexity index is 745. The van der Waals surface area contributed by atoms with E-state index in [1.54, 1.807) is 11.8 Å². The summed E-state index contributed by atoms with van der Waals surface area (Å²) in [7, 11) is 0. The van der Waals surface area contributed by atoms with Gasteiger partial charge in [0.05, 0.1) is 6.61 Å². The Hall–Kier alpha value is -2.50. The topological polar surface area (TPSA) is 54.8 Å². The third kappa shape index (κ3) is 3.22. The predicted octanol–water partition coefficient (Wildman–Crippen LogP) is 2.25. The van der Waals surface area contributed by atoms with Crippen molar-refractivity contribution in [2.45, 2.75) is 20.4 Å². The van der Waals surface area contributed by atoms with E-state index >= 15 is 0 Å². The first-order chi connectivity index (χ1) is 11.6. The number of fused-ring (bicyclic) bond motifs is 1. The summed E-state index contributed by atoms with van der Waals surface area (Å²) in [5.41, 5.74) is 2.16. The summed E-state index contributed by atoms with van der Waals surface area (Å²) < 4.78 is 7.06. The van der Waals surface area contributed by atoms with Crippen LogP contribution in [0, 0.1) is 6.92 Å². The SMILES string of the molecule is CCOC(=O)N1CCN(C(=O)Cn2c(C)cc3ccccc32)CC1. The van der Waals surface area contributed by atoms with E-state index in [0.29, 0.717) is 39.3 Å². The summed E-state index contributed by atoms with van der Waals surface area (Å²) in [6.45, 7) is 6.67. The molecule has 2 heterocycles.